The molecule has 2 N–H and O–H groups in total. The van der Waals surface area contributed by atoms with E-state index in [-0.39, 0.29) is 0 Å². The largest absolute Gasteiger partial charge is 0.494 e. The molecule has 2 nitrogen and oxygen atoms in total. The Morgan fingerprint density at radius 1 is 1.31 bits per heavy atom. The lowest BCUT2D eigenvalue weighted by molar-refractivity contribution is 0.298. The molecule has 1 atom stereocenters. The molecule has 3 heteroatoms. The summed E-state index contributed by atoms with van der Waals surface area (Å²) in [5, 5.41) is 0. The van der Waals surface area contributed by atoms with Crippen LogP contribution in [0.5, 0.6) is 5.75 Å². The molecule has 0 saturated heterocycles. The van der Waals surface area contributed by atoms with E-state index >= 15 is 0 Å². The average molecular weight is 284 g/mol. The first-order valence-electron chi connectivity index (χ1n) is 5.89. The molecule has 1 unspecified atom stereocenters. The fraction of sp³-hybridized carbons (Fsp3) is 0.538. The van der Waals surface area contributed by atoms with Gasteiger partial charge in [-0.3, -0.25) is 0 Å². The molecule has 1 aromatic carbocycles. The molecule has 88 valence electrons. The fourth-order valence-electron chi connectivity index (χ4n) is 1.80. The van der Waals surface area contributed by atoms with E-state index in [1.165, 1.54) is 12.8 Å². The Morgan fingerprint density at radius 2 is 2.00 bits per heavy atom. The van der Waals surface area contributed by atoms with Crippen molar-refractivity contribution in [1.29, 1.82) is 0 Å². The van der Waals surface area contributed by atoms with Crippen LogP contribution in [0.3, 0.4) is 0 Å². The zero-order chi connectivity index (χ0) is 11.4. The second-order valence-corrected chi connectivity index (χ2v) is 5.36. The number of halogens is 1. The summed E-state index contributed by atoms with van der Waals surface area (Å²) in [6.07, 6.45) is 4.79. The normalized spacial score (nSPS) is 17.1. The van der Waals surface area contributed by atoms with Crippen LogP contribution in [0.25, 0.3) is 0 Å². The van der Waals surface area contributed by atoms with Gasteiger partial charge in [0.2, 0.25) is 0 Å². The van der Waals surface area contributed by atoms with Crippen LogP contribution in [0, 0.1) is 5.92 Å². The van der Waals surface area contributed by atoms with Gasteiger partial charge in [-0.15, -0.1) is 0 Å². The van der Waals surface area contributed by atoms with Gasteiger partial charge in [-0.05, 0) is 55.9 Å². The smallest absolute Gasteiger partial charge is 0.119 e. The summed E-state index contributed by atoms with van der Waals surface area (Å²) in [6, 6.07) is 8.33. The summed E-state index contributed by atoms with van der Waals surface area (Å²) >= 11 is 3.40. The first kappa shape index (κ1) is 11.9. The van der Waals surface area contributed by atoms with Gasteiger partial charge in [0.15, 0.2) is 0 Å². The van der Waals surface area contributed by atoms with Crippen molar-refractivity contribution >= 4 is 15.9 Å². The summed E-state index contributed by atoms with van der Waals surface area (Å²) in [5.41, 5.74) is 6.02. The van der Waals surface area contributed by atoms with Gasteiger partial charge in [0, 0.05) is 10.5 Å². The highest BCUT2D eigenvalue weighted by atomic mass is 79.9. The molecule has 0 heterocycles. The maximum absolute atomic E-state index is 6.02. The number of nitrogens with two attached hydrogens (primary N) is 1. The van der Waals surface area contributed by atoms with Crippen molar-refractivity contribution < 1.29 is 4.74 Å². The topological polar surface area (TPSA) is 35.2 Å². The van der Waals surface area contributed by atoms with E-state index in [2.05, 4.69) is 15.9 Å². The Hall–Kier alpha value is -0.540. The van der Waals surface area contributed by atoms with E-state index in [1.54, 1.807) is 0 Å². The average Bonchev–Trinajstić information content (AvgIpc) is 3.10. The summed E-state index contributed by atoms with van der Waals surface area (Å²) in [5.74, 6) is 1.73. The lowest BCUT2D eigenvalue weighted by atomic mass is 10.1. The van der Waals surface area contributed by atoms with Crippen LogP contribution in [-0.4, -0.2) is 12.6 Å². The number of rotatable bonds is 6. The molecule has 2 rings (SSSR count). The maximum Gasteiger partial charge on any atom is 0.119 e. The summed E-state index contributed by atoms with van der Waals surface area (Å²) in [7, 11) is 0. The van der Waals surface area contributed by atoms with Gasteiger partial charge in [-0.2, -0.15) is 0 Å². The molecule has 1 aliphatic rings. The van der Waals surface area contributed by atoms with Crippen LogP contribution in [-0.2, 0) is 0 Å². The minimum Gasteiger partial charge on any atom is -0.494 e. The van der Waals surface area contributed by atoms with Crippen LogP contribution in [0.1, 0.15) is 25.7 Å². The molecule has 1 saturated carbocycles. The number of hydrogen-bond acceptors (Lipinski definition) is 2. The zero-order valence-electron chi connectivity index (χ0n) is 9.36. The van der Waals surface area contributed by atoms with E-state index < -0.39 is 0 Å². The monoisotopic (exact) mass is 283 g/mol. The van der Waals surface area contributed by atoms with Crippen LogP contribution in [0.4, 0.5) is 0 Å². The fourth-order valence-corrected chi connectivity index (χ4v) is 2.06. The number of ether oxygens (including phenoxy) is 1. The molecule has 0 aliphatic heterocycles. The summed E-state index contributed by atoms with van der Waals surface area (Å²) in [4.78, 5) is 0. The quantitative estimate of drug-likeness (QED) is 0.813. The summed E-state index contributed by atoms with van der Waals surface area (Å²) < 4.78 is 6.71. The molecular formula is C13H18BrNO. The van der Waals surface area contributed by atoms with Gasteiger partial charge in [-0.25, -0.2) is 0 Å². The lowest BCUT2D eigenvalue weighted by Crippen LogP contribution is -2.22. The molecule has 16 heavy (non-hydrogen) atoms. The van der Waals surface area contributed by atoms with Crippen molar-refractivity contribution in [2.45, 2.75) is 31.7 Å². The third kappa shape index (κ3) is 3.80. The minimum absolute atomic E-state index is 0.397. The van der Waals surface area contributed by atoms with Crippen LogP contribution in [0.2, 0.25) is 0 Å². The second kappa shape index (κ2) is 5.69. The highest BCUT2D eigenvalue weighted by molar-refractivity contribution is 9.10. The zero-order valence-corrected chi connectivity index (χ0v) is 10.9. The van der Waals surface area contributed by atoms with Gasteiger partial charge < -0.3 is 10.5 Å². The molecule has 0 spiro atoms. The lowest BCUT2D eigenvalue weighted by Gasteiger charge is -2.10. The first-order valence-corrected chi connectivity index (χ1v) is 6.69. The van der Waals surface area contributed by atoms with Crippen LogP contribution in [0.15, 0.2) is 28.7 Å². The Labute approximate surface area is 105 Å². The predicted molar refractivity (Wildman–Crippen MR) is 69.6 cm³/mol. The van der Waals surface area contributed by atoms with Crippen molar-refractivity contribution in [2.24, 2.45) is 11.7 Å². The van der Waals surface area contributed by atoms with E-state index in [0.29, 0.717) is 6.04 Å². The van der Waals surface area contributed by atoms with Gasteiger partial charge in [0.05, 0.1) is 6.61 Å². The Balaban J connectivity index is 1.62. The van der Waals surface area contributed by atoms with Crippen molar-refractivity contribution in [3.8, 4) is 5.75 Å². The molecule has 0 radical (unpaired) electrons. The second-order valence-electron chi connectivity index (χ2n) is 4.45. The van der Waals surface area contributed by atoms with E-state index in [0.717, 1.165) is 35.6 Å². The highest BCUT2D eigenvalue weighted by Crippen LogP contribution is 2.33. The third-order valence-corrected chi connectivity index (χ3v) is 3.52. The molecule has 1 fully saturated rings. The van der Waals surface area contributed by atoms with Crippen molar-refractivity contribution in [2.75, 3.05) is 6.61 Å². The Morgan fingerprint density at radius 3 is 2.62 bits per heavy atom. The maximum atomic E-state index is 6.02. The van der Waals surface area contributed by atoms with Crippen LogP contribution >= 0.6 is 15.9 Å². The molecule has 0 bridgehead atoms. The molecule has 1 aliphatic carbocycles. The van der Waals surface area contributed by atoms with Crippen molar-refractivity contribution in [3.63, 3.8) is 0 Å². The predicted octanol–water partition coefficient (Wildman–Crippen LogP) is 3.35. The van der Waals surface area contributed by atoms with E-state index in [1.807, 2.05) is 24.3 Å². The number of hydrogen-bond donors (Lipinski definition) is 1. The standard InChI is InChI=1S/C13H18BrNO/c14-11-5-7-12(8-6-11)16-9-1-2-13(15)10-3-4-10/h5-8,10,13H,1-4,9,15H2. The van der Waals surface area contributed by atoms with Gasteiger partial charge in [0.25, 0.3) is 0 Å². The van der Waals surface area contributed by atoms with Crippen molar-refractivity contribution in [1.82, 2.24) is 0 Å². The van der Waals surface area contributed by atoms with E-state index in [4.69, 9.17) is 10.5 Å². The Kier molecular flexibility index (Phi) is 4.24. The SMILES string of the molecule is NC(CCCOc1ccc(Br)cc1)C1CC1. The van der Waals surface area contributed by atoms with Gasteiger partial charge in [-0.1, -0.05) is 15.9 Å². The molecule has 0 aromatic heterocycles. The van der Waals surface area contributed by atoms with Crippen molar-refractivity contribution in [3.05, 3.63) is 28.7 Å². The van der Waals surface area contributed by atoms with Gasteiger partial charge >= 0.3 is 0 Å². The van der Waals surface area contributed by atoms with E-state index in [9.17, 15) is 0 Å². The van der Waals surface area contributed by atoms with Gasteiger partial charge in [0.1, 0.15) is 5.75 Å². The first-order chi connectivity index (χ1) is 7.75. The van der Waals surface area contributed by atoms with Crippen LogP contribution < -0.4 is 10.5 Å². The Bertz CT molecular complexity index is 321. The number of benzene rings is 1. The third-order valence-electron chi connectivity index (χ3n) is 2.99. The minimum atomic E-state index is 0.397. The molecule has 0 amide bonds. The highest BCUT2D eigenvalue weighted by Gasteiger charge is 2.27. The molecular weight excluding hydrogens is 266 g/mol. The molecule has 1 aromatic rings. The summed E-state index contributed by atoms with van der Waals surface area (Å²) in [6.45, 7) is 0.766.